The molecule has 218 valence electrons. The molecule has 0 fully saturated rings. The Kier molecular flexibility index (Phi) is 5.74. The van der Waals surface area contributed by atoms with E-state index in [1.807, 2.05) is 35.9 Å². The quantitative estimate of drug-likeness (QED) is 0.186. The van der Waals surface area contributed by atoms with Gasteiger partial charge < -0.3 is 0 Å². The van der Waals surface area contributed by atoms with E-state index >= 15 is 0 Å². The van der Waals surface area contributed by atoms with Crippen LogP contribution in [0.1, 0.15) is 0 Å². The molecular weight excluding hydrogens is 591 g/mol. The van der Waals surface area contributed by atoms with Gasteiger partial charge in [-0.3, -0.25) is 9.97 Å². The van der Waals surface area contributed by atoms with Crippen LogP contribution in [0.3, 0.4) is 0 Å². The minimum atomic E-state index is 0.933. The maximum atomic E-state index is 5.22. The fourth-order valence-corrected chi connectivity index (χ4v) is 8.38. The fourth-order valence-electron chi connectivity index (χ4n) is 7.12. The summed E-state index contributed by atoms with van der Waals surface area (Å²) in [4.78, 5) is 14.5. The van der Waals surface area contributed by atoms with Crippen molar-refractivity contribution in [1.29, 1.82) is 0 Å². The van der Waals surface area contributed by atoms with Crippen molar-refractivity contribution in [2.24, 2.45) is 0 Å². The minimum Gasteiger partial charge on any atom is -0.254 e. The van der Waals surface area contributed by atoms with Crippen molar-refractivity contribution >= 4 is 75.0 Å². The van der Waals surface area contributed by atoms with Crippen LogP contribution in [0, 0.1) is 0 Å². The lowest BCUT2D eigenvalue weighted by Crippen LogP contribution is -1.90. The highest BCUT2D eigenvalue weighted by Crippen LogP contribution is 2.43. The Bertz CT molecular complexity index is 2830. The first-order valence-corrected chi connectivity index (χ1v) is 16.6. The molecule has 0 aliphatic heterocycles. The van der Waals surface area contributed by atoms with Gasteiger partial charge in [-0.05, 0) is 52.6 Å². The summed E-state index contributed by atoms with van der Waals surface area (Å²) >= 11 is 1.88. The van der Waals surface area contributed by atoms with E-state index in [0.717, 1.165) is 49.7 Å². The van der Waals surface area contributed by atoms with Gasteiger partial charge >= 0.3 is 0 Å². The molecule has 0 saturated heterocycles. The van der Waals surface area contributed by atoms with E-state index in [1.165, 1.54) is 47.5 Å². The standard InChI is InChI=1S/C43H25N3S/c1-3-11-37-34(9-1)39-35(22-21-33-31-8-2-4-12-38(31)47-43(33)39)40(46-37)29-19-15-27(16-20-29)26-13-17-28(18-14-26)36-25-30-7-5-23-44-41(30)42-32(36)10-6-24-45-42/h1-25H. The maximum Gasteiger partial charge on any atom is 0.0970 e. The van der Waals surface area contributed by atoms with Crippen LogP contribution in [0.25, 0.3) is 97.2 Å². The Hall–Kier alpha value is -5.97. The van der Waals surface area contributed by atoms with Crippen LogP contribution < -0.4 is 0 Å². The van der Waals surface area contributed by atoms with Crippen LogP contribution in [-0.4, -0.2) is 15.0 Å². The average molecular weight is 616 g/mol. The highest BCUT2D eigenvalue weighted by molar-refractivity contribution is 7.26. The van der Waals surface area contributed by atoms with Crippen LogP contribution in [0.5, 0.6) is 0 Å². The molecule has 10 rings (SSSR count). The highest BCUT2D eigenvalue weighted by Gasteiger charge is 2.16. The van der Waals surface area contributed by atoms with Crippen LogP contribution in [0.2, 0.25) is 0 Å². The maximum absolute atomic E-state index is 5.22. The number of fused-ring (bicyclic) bond motifs is 10. The van der Waals surface area contributed by atoms with E-state index in [0.29, 0.717) is 0 Å². The van der Waals surface area contributed by atoms with Gasteiger partial charge in [0.1, 0.15) is 0 Å². The first kappa shape index (κ1) is 26.3. The van der Waals surface area contributed by atoms with Gasteiger partial charge in [0.25, 0.3) is 0 Å². The molecule has 0 saturated carbocycles. The summed E-state index contributed by atoms with van der Waals surface area (Å²) in [5, 5.41) is 8.50. The normalized spacial score (nSPS) is 11.8. The lowest BCUT2D eigenvalue weighted by atomic mass is 9.95. The second-order valence-corrected chi connectivity index (χ2v) is 13.0. The van der Waals surface area contributed by atoms with Gasteiger partial charge in [0.05, 0.1) is 22.2 Å². The number of nitrogens with zero attached hydrogens (tertiary/aromatic N) is 3. The van der Waals surface area contributed by atoms with Crippen LogP contribution in [0.4, 0.5) is 0 Å². The highest BCUT2D eigenvalue weighted by atomic mass is 32.1. The minimum absolute atomic E-state index is 0.933. The van der Waals surface area contributed by atoms with Gasteiger partial charge in [0.2, 0.25) is 0 Å². The summed E-state index contributed by atoms with van der Waals surface area (Å²) < 4.78 is 2.64. The Morgan fingerprint density at radius 1 is 0.447 bits per heavy atom. The molecule has 6 aromatic carbocycles. The molecule has 4 aromatic heterocycles. The molecule has 4 heteroatoms. The summed E-state index contributed by atoms with van der Waals surface area (Å²) in [6, 6.07) is 49.9. The average Bonchev–Trinajstić information content (AvgIpc) is 3.53. The van der Waals surface area contributed by atoms with E-state index in [9.17, 15) is 0 Å². The second kappa shape index (κ2) is 10.3. The molecule has 0 radical (unpaired) electrons. The molecule has 3 nitrogen and oxygen atoms in total. The largest absolute Gasteiger partial charge is 0.254 e. The van der Waals surface area contributed by atoms with Gasteiger partial charge in [-0.25, -0.2) is 4.98 Å². The number of benzene rings is 6. The molecule has 0 aliphatic carbocycles. The lowest BCUT2D eigenvalue weighted by Gasteiger charge is -2.12. The van der Waals surface area contributed by atoms with Crippen molar-refractivity contribution in [3.05, 3.63) is 152 Å². The number of hydrogen-bond donors (Lipinski definition) is 0. The first-order valence-electron chi connectivity index (χ1n) is 15.8. The topological polar surface area (TPSA) is 38.7 Å². The Labute approximate surface area is 274 Å². The third kappa shape index (κ3) is 4.09. The lowest BCUT2D eigenvalue weighted by molar-refractivity contribution is 1.37. The molecule has 0 aliphatic rings. The van der Waals surface area contributed by atoms with Crippen molar-refractivity contribution in [1.82, 2.24) is 15.0 Å². The molecule has 0 bridgehead atoms. The number of hydrogen-bond acceptors (Lipinski definition) is 4. The van der Waals surface area contributed by atoms with E-state index < -0.39 is 0 Å². The smallest absolute Gasteiger partial charge is 0.0970 e. The van der Waals surface area contributed by atoms with Crippen molar-refractivity contribution in [2.75, 3.05) is 0 Å². The van der Waals surface area contributed by atoms with Crippen molar-refractivity contribution in [3.63, 3.8) is 0 Å². The van der Waals surface area contributed by atoms with Crippen LogP contribution in [0.15, 0.2) is 152 Å². The molecule has 0 spiro atoms. The Balaban J connectivity index is 1.07. The molecule has 10 aromatic rings. The summed E-state index contributed by atoms with van der Waals surface area (Å²) in [5.74, 6) is 0. The SMILES string of the molecule is c1cnc2c(c1)cc(-c1ccc(-c3ccc(-c4nc5ccccc5c5c4ccc4c6ccccc6sc45)cc3)cc1)c1cccnc12. The second-order valence-electron chi connectivity index (χ2n) is 12.0. The number of rotatable bonds is 3. The molecule has 47 heavy (non-hydrogen) atoms. The van der Waals surface area contributed by atoms with Crippen LogP contribution >= 0.6 is 11.3 Å². The molecule has 4 heterocycles. The molecular formula is C43H25N3S. The number of thiophene rings is 1. The van der Waals surface area contributed by atoms with Crippen molar-refractivity contribution < 1.29 is 0 Å². The Morgan fingerprint density at radius 3 is 1.91 bits per heavy atom. The zero-order valence-corrected chi connectivity index (χ0v) is 26.0. The third-order valence-electron chi connectivity index (χ3n) is 9.36. The number of pyridine rings is 3. The van der Waals surface area contributed by atoms with Gasteiger partial charge in [-0.1, -0.05) is 109 Å². The third-order valence-corrected chi connectivity index (χ3v) is 10.6. The zero-order chi connectivity index (χ0) is 30.9. The predicted molar refractivity (Wildman–Crippen MR) is 199 cm³/mol. The van der Waals surface area contributed by atoms with E-state index in [4.69, 9.17) is 4.98 Å². The predicted octanol–water partition coefficient (Wildman–Crippen LogP) is 11.9. The van der Waals surface area contributed by atoms with Gasteiger partial charge in [0, 0.05) is 65.1 Å². The fraction of sp³-hybridized carbons (Fsp3) is 0. The van der Waals surface area contributed by atoms with E-state index in [1.54, 1.807) is 0 Å². The summed E-state index contributed by atoms with van der Waals surface area (Å²) in [5.41, 5.74) is 9.70. The number of aromatic nitrogens is 3. The van der Waals surface area contributed by atoms with E-state index in [2.05, 4.69) is 137 Å². The van der Waals surface area contributed by atoms with Crippen molar-refractivity contribution in [2.45, 2.75) is 0 Å². The monoisotopic (exact) mass is 615 g/mol. The molecule has 0 unspecified atom stereocenters. The Morgan fingerprint density at radius 2 is 1.09 bits per heavy atom. The van der Waals surface area contributed by atoms with E-state index in [-0.39, 0.29) is 0 Å². The molecule has 0 N–H and O–H groups in total. The van der Waals surface area contributed by atoms with Gasteiger partial charge in [-0.2, -0.15) is 0 Å². The van der Waals surface area contributed by atoms with Gasteiger partial charge in [-0.15, -0.1) is 11.3 Å². The summed E-state index contributed by atoms with van der Waals surface area (Å²) in [7, 11) is 0. The molecule has 0 atom stereocenters. The molecule has 0 amide bonds. The first-order chi connectivity index (χ1) is 23.3. The van der Waals surface area contributed by atoms with Gasteiger partial charge in [0.15, 0.2) is 0 Å². The zero-order valence-electron chi connectivity index (χ0n) is 25.2. The summed E-state index contributed by atoms with van der Waals surface area (Å²) in [6.45, 7) is 0. The van der Waals surface area contributed by atoms with Crippen molar-refractivity contribution in [3.8, 4) is 33.5 Å². The van der Waals surface area contributed by atoms with Crippen LogP contribution in [-0.2, 0) is 0 Å². The number of para-hydroxylation sites is 1. The summed E-state index contributed by atoms with van der Waals surface area (Å²) in [6.07, 6.45) is 3.67.